The number of nitrogens with one attached hydrogen (secondary N) is 1. The molecule has 0 saturated carbocycles. The second kappa shape index (κ2) is 8.05. The molecule has 0 amide bonds. The number of rotatable bonds is 8. The van der Waals surface area contributed by atoms with Crippen molar-refractivity contribution in [3.05, 3.63) is 42.7 Å². The van der Waals surface area contributed by atoms with Crippen molar-refractivity contribution in [3.8, 4) is 0 Å². The van der Waals surface area contributed by atoms with Crippen LogP contribution in [0.15, 0.2) is 37.1 Å². The summed E-state index contributed by atoms with van der Waals surface area (Å²) in [5.41, 5.74) is 1.17. The fourth-order valence-corrected chi connectivity index (χ4v) is 1.72. The van der Waals surface area contributed by atoms with E-state index in [1.165, 1.54) is 12.1 Å². The van der Waals surface area contributed by atoms with Crippen molar-refractivity contribution < 1.29 is 0 Å². The van der Waals surface area contributed by atoms with E-state index in [0.29, 0.717) is 6.04 Å². The first kappa shape index (κ1) is 12.9. The molecule has 0 bridgehead atoms. The molecule has 2 nitrogen and oxygen atoms in total. The SMILES string of the molecule is C=CCCC(Cc1ccccn1)NCCC. The summed E-state index contributed by atoms with van der Waals surface area (Å²) in [5, 5.41) is 3.56. The van der Waals surface area contributed by atoms with E-state index in [-0.39, 0.29) is 0 Å². The molecule has 88 valence electrons. The molecule has 16 heavy (non-hydrogen) atoms. The summed E-state index contributed by atoms with van der Waals surface area (Å²) in [6.45, 7) is 7.05. The Kier molecular flexibility index (Phi) is 6.50. The van der Waals surface area contributed by atoms with Gasteiger partial charge >= 0.3 is 0 Å². The molecule has 0 fully saturated rings. The lowest BCUT2D eigenvalue weighted by Crippen LogP contribution is -2.31. The Morgan fingerprint density at radius 1 is 1.50 bits per heavy atom. The molecule has 2 heteroatoms. The fourth-order valence-electron chi connectivity index (χ4n) is 1.72. The van der Waals surface area contributed by atoms with Crippen LogP contribution in [-0.2, 0) is 6.42 Å². The van der Waals surface area contributed by atoms with Gasteiger partial charge in [-0.1, -0.05) is 19.1 Å². The number of nitrogens with zero attached hydrogens (tertiary/aromatic N) is 1. The molecule has 0 aliphatic rings. The fraction of sp³-hybridized carbons (Fsp3) is 0.500. The number of hydrogen-bond donors (Lipinski definition) is 1. The molecule has 0 spiro atoms. The minimum absolute atomic E-state index is 0.521. The van der Waals surface area contributed by atoms with Crippen molar-refractivity contribution in [3.63, 3.8) is 0 Å². The van der Waals surface area contributed by atoms with Gasteiger partial charge in [-0.2, -0.15) is 0 Å². The third-order valence-electron chi connectivity index (χ3n) is 2.58. The van der Waals surface area contributed by atoms with Crippen LogP contribution < -0.4 is 5.32 Å². The van der Waals surface area contributed by atoms with Crippen LogP contribution in [-0.4, -0.2) is 17.6 Å². The van der Waals surface area contributed by atoms with E-state index < -0.39 is 0 Å². The maximum Gasteiger partial charge on any atom is 0.0419 e. The number of allylic oxidation sites excluding steroid dienone is 1. The van der Waals surface area contributed by atoms with Crippen LogP contribution in [0.2, 0.25) is 0 Å². The van der Waals surface area contributed by atoms with Gasteiger partial charge in [0.15, 0.2) is 0 Å². The van der Waals surface area contributed by atoms with Gasteiger partial charge in [-0.3, -0.25) is 4.98 Å². The standard InChI is InChI=1S/C14H22N2/c1-3-5-8-13(15-10-4-2)12-14-9-6-7-11-16-14/h3,6-7,9,11,13,15H,1,4-5,8,10,12H2,2H3. The van der Waals surface area contributed by atoms with Crippen LogP contribution in [0.3, 0.4) is 0 Å². The zero-order valence-corrected chi connectivity index (χ0v) is 10.2. The number of pyridine rings is 1. The van der Waals surface area contributed by atoms with Crippen molar-refractivity contribution >= 4 is 0 Å². The molecule has 1 heterocycles. The van der Waals surface area contributed by atoms with Gasteiger partial charge in [0.2, 0.25) is 0 Å². The summed E-state index contributed by atoms with van der Waals surface area (Å²) in [6, 6.07) is 6.62. The summed E-state index contributed by atoms with van der Waals surface area (Å²) in [5.74, 6) is 0. The molecule has 0 aliphatic heterocycles. The first-order valence-corrected chi connectivity index (χ1v) is 6.11. The van der Waals surface area contributed by atoms with E-state index in [2.05, 4.69) is 29.9 Å². The van der Waals surface area contributed by atoms with Crippen LogP contribution in [0.4, 0.5) is 0 Å². The third kappa shape index (κ3) is 5.08. The summed E-state index contributed by atoms with van der Waals surface area (Å²) in [6.07, 6.45) is 8.23. The molecular formula is C14H22N2. The van der Waals surface area contributed by atoms with Gasteiger partial charge in [-0.05, 0) is 37.9 Å². The van der Waals surface area contributed by atoms with Crippen molar-refractivity contribution in [1.29, 1.82) is 0 Å². The maximum atomic E-state index is 4.37. The van der Waals surface area contributed by atoms with Gasteiger partial charge in [0.05, 0.1) is 0 Å². The molecule has 1 N–H and O–H groups in total. The van der Waals surface area contributed by atoms with Gasteiger partial charge in [0.1, 0.15) is 0 Å². The van der Waals surface area contributed by atoms with Crippen molar-refractivity contribution in [2.24, 2.45) is 0 Å². The van der Waals surface area contributed by atoms with Crippen LogP contribution >= 0.6 is 0 Å². The Hall–Kier alpha value is -1.15. The Labute approximate surface area is 98.8 Å². The van der Waals surface area contributed by atoms with Gasteiger partial charge in [0.25, 0.3) is 0 Å². The molecule has 1 aromatic rings. The summed E-state index contributed by atoms with van der Waals surface area (Å²) < 4.78 is 0. The van der Waals surface area contributed by atoms with E-state index in [0.717, 1.165) is 25.8 Å². The average Bonchev–Trinajstić information content (AvgIpc) is 2.34. The van der Waals surface area contributed by atoms with Crippen molar-refractivity contribution in [1.82, 2.24) is 10.3 Å². The molecule has 0 aromatic carbocycles. The van der Waals surface area contributed by atoms with Crippen LogP contribution in [0.25, 0.3) is 0 Å². The maximum absolute atomic E-state index is 4.37. The quantitative estimate of drug-likeness (QED) is 0.679. The van der Waals surface area contributed by atoms with Crippen molar-refractivity contribution in [2.45, 2.75) is 38.6 Å². The second-order valence-corrected chi connectivity index (χ2v) is 4.04. The smallest absolute Gasteiger partial charge is 0.0419 e. The minimum Gasteiger partial charge on any atom is -0.314 e. The summed E-state index contributed by atoms with van der Waals surface area (Å²) in [4.78, 5) is 4.37. The molecule has 0 radical (unpaired) electrons. The molecular weight excluding hydrogens is 196 g/mol. The van der Waals surface area contributed by atoms with Crippen LogP contribution in [0, 0.1) is 0 Å². The highest BCUT2D eigenvalue weighted by atomic mass is 14.9. The summed E-state index contributed by atoms with van der Waals surface area (Å²) in [7, 11) is 0. The van der Waals surface area contributed by atoms with Gasteiger partial charge in [-0.25, -0.2) is 0 Å². The Morgan fingerprint density at radius 3 is 3.00 bits per heavy atom. The highest BCUT2D eigenvalue weighted by Gasteiger charge is 2.08. The predicted molar refractivity (Wildman–Crippen MR) is 69.5 cm³/mol. The van der Waals surface area contributed by atoms with Crippen LogP contribution in [0.1, 0.15) is 31.9 Å². The first-order chi connectivity index (χ1) is 7.86. The van der Waals surface area contributed by atoms with Gasteiger partial charge in [-0.15, -0.1) is 6.58 Å². The second-order valence-electron chi connectivity index (χ2n) is 4.04. The minimum atomic E-state index is 0.521. The molecule has 1 aromatic heterocycles. The number of hydrogen-bond acceptors (Lipinski definition) is 2. The average molecular weight is 218 g/mol. The third-order valence-corrected chi connectivity index (χ3v) is 2.58. The predicted octanol–water partition coefficient (Wildman–Crippen LogP) is 2.96. The molecule has 0 saturated heterocycles. The lowest BCUT2D eigenvalue weighted by molar-refractivity contribution is 0.477. The Balaban J connectivity index is 2.45. The van der Waals surface area contributed by atoms with Crippen LogP contribution in [0.5, 0.6) is 0 Å². The molecule has 1 atom stereocenters. The zero-order chi connectivity index (χ0) is 11.6. The van der Waals surface area contributed by atoms with E-state index in [9.17, 15) is 0 Å². The molecule has 1 unspecified atom stereocenters. The largest absolute Gasteiger partial charge is 0.314 e. The van der Waals surface area contributed by atoms with Crippen molar-refractivity contribution in [2.75, 3.05) is 6.54 Å². The Morgan fingerprint density at radius 2 is 2.38 bits per heavy atom. The first-order valence-electron chi connectivity index (χ1n) is 6.11. The van der Waals surface area contributed by atoms with E-state index >= 15 is 0 Å². The Bertz CT molecular complexity index is 282. The molecule has 0 aliphatic carbocycles. The topological polar surface area (TPSA) is 24.9 Å². The van der Waals surface area contributed by atoms with Gasteiger partial charge < -0.3 is 5.32 Å². The monoisotopic (exact) mass is 218 g/mol. The molecule has 1 rings (SSSR count). The zero-order valence-electron chi connectivity index (χ0n) is 10.2. The van der Waals surface area contributed by atoms with E-state index in [1.54, 1.807) is 0 Å². The van der Waals surface area contributed by atoms with E-state index in [1.807, 2.05) is 24.4 Å². The summed E-state index contributed by atoms with van der Waals surface area (Å²) >= 11 is 0. The lowest BCUT2D eigenvalue weighted by Gasteiger charge is -2.17. The number of aromatic nitrogens is 1. The van der Waals surface area contributed by atoms with Gasteiger partial charge in [0, 0.05) is 24.4 Å². The van der Waals surface area contributed by atoms with E-state index in [4.69, 9.17) is 0 Å². The lowest BCUT2D eigenvalue weighted by atomic mass is 10.1. The normalized spacial score (nSPS) is 12.3. The highest BCUT2D eigenvalue weighted by molar-refractivity contribution is 5.05. The highest BCUT2D eigenvalue weighted by Crippen LogP contribution is 2.05.